The molecule has 0 fully saturated rings. The van der Waals surface area contributed by atoms with E-state index in [0.29, 0.717) is 5.56 Å². The fourth-order valence-corrected chi connectivity index (χ4v) is 3.48. The highest BCUT2D eigenvalue weighted by Gasteiger charge is 2.18. The summed E-state index contributed by atoms with van der Waals surface area (Å²) >= 11 is 3.02. The summed E-state index contributed by atoms with van der Waals surface area (Å²) in [4.78, 5) is 3.78. The minimum atomic E-state index is -3.58. The zero-order valence-electron chi connectivity index (χ0n) is 9.68. The predicted octanol–water partition coefficient (Wildman–Crippen LogP) is 2.54. The van der Waals surface area contributed by atoms with Gasteiger partial charge in [0.25, 0.3) is 0 Å². The van der Waals surface area contributed by atoms with Gasteiger partial charge in [-0.25, -0.2) is 12.8 Å². The molecule has 19 heavy (non-hydrogen) atoms. The molecule has 0 saturated heterocycles. The number of halogens is 2. The zero-order chi connectivity index (χ0) is 14.0. The second-order valence-corrected chi connectivity index (χ2v) is 6.73. The highest BCUT2D eigenvalue weighted by atomic mass is 79.9. The van der Waals surface area contributed by atoms with Crippen molar-refractivity contribution in [1.82, 2.24) is 4.98 Å². The first kappa shape index (κ1) is 14.0. The van der Waals surface area contributed by atoms with Gasteiger partial charge in [-0.05, 0) is 39.7 Å². The average Bonchev–Trinajstić information content (AvgIpc) is 2.34. The molecule has 0 spiro atoms. The van der Waals surface area contributed by atoms with Gasteiger partial charge in [-0.3, -0.25) is 4.98 Å². The van der Waals surface area contributed by atoms with Gasteiger partial charge in [-0.2, -0.15) is 0 Å². The molecule has 0 aliphatic carbocycles. The maximum atomic E-state index is 13.1. The largest absolute Gasteiger partial charge is 0.396 e. The molecule has 1 aromatic heterocycles. The van der Waals surface area contributed by atoms with E-state index < -0.39 is 15.7 Å². The molecule has 7 heteroatoms. The van der Waals surface area contributed by atoms with Crippen LogP contribution in [0.1, 0.15) is 5.56 Å². The van der Waals surface area contributed by atoms with Crippen LogP contribution in [0, 0.1) is 5.82 Å². The number of nitrogens with two attached hydrogens (primary N) is 1. The molecule has 0 aliphatic heterocycles. The molecule has 1 aromatic carbocycles. The molecule has 0 amide bonds. The number of rotatable bonds is 3. The summed E-state index contributed by atoms with van der Waals surface area (Å²) < 4.78 is 37.7. The third kappa shape index (κ3) is 3.10. The Labute approximate surface area is 118 Å². The van der Waals surface area contributed by atoms with Crippen molar-refractivity contribution < 1.29 is 12.8 Å². The lowest BCUT2D eigenvalue weighted by molar-refractivity contribution is 0.595. The Kier molecular flexibility index (Phi) is 3.86. The van der Waals surface area contributed by atoms with Gasteiger partial charge >= 0.3 is 0 Å². The second-order valence-electron chi connectivity index (χ2n) is 3.92. The van der Waals surface area contributed by atoms with Crippen LogP contribution in [0.2, 0.25) is 0 Å². The van der Waals surface area contributed by atoms with Crippen LogP contribution in [0.15, 0.2) is 46.0 Å². The molecule has 2 rings (SSSR count). The van der Waals surface area contributed by atoms with Gasteiger partial charge < -0.3 is 5.73 Å². The zero-order valence-corrected chi connectivity index (χ0v) is 12.1. The number of hydrogen-bond donors (Lipinski definition) is 1. The van der Waals surface area contributed by atoms with Gasteiger partial charge in [0.15, 0.2) is 9.84 Å². The summed E-state index contributed by atoms with van der Waals surface area (Å²) in [6.07, 6.45) is 2.65. The molecular formula is C12H10BrFN2O2S. The van der Waals surface area contributed by atoms with E-state index in [4.69, 9.17) is 5.73 Å². The van der Waals surface area contributed by atoms with E-state index in [9.17, 15) is 12.8 Å². The van der Waals surface area contributed by atoms with Crippen LogP contribution in [0.25, 0.3) is 0 Å². The molecule has 4 nitrogen and oxygen atoms in total. The smallest absolute Gasteiger partial charge is 0.184 e. The van der Waals surface area contributed by atoms with Crippen LogP contribution >= 0.6 is 15.9 Å². The monoisotopic (exact) mass is 344 g/mol. The van der Waals surface area contributed by atoms with Crippen molar-refractivity contribution in [1.29, 1.82) is 0 Å². The standard InChI is InChI=1S/C12H10BrFN2O2S/c13-9-5-8(1-2-10(9)14)7-19(17,18)12-3-4-16-6-11(12)15/h1-6H,7,15H2. The molecule has 0 saturated carbocycles. The summed E-state index contributed by atoms with van der Waals surface area (Å²) in [5, 5.41) is 0. The predicted molar refractivity (Wildman–Crippen MR) is 73.6 cm³/mol. The molecular weight excluding hydrogens is 335 g/mol. The lowest BCUT2D eigenvalue weighted by atomic mass is 10.2. The van der Waals surface area contributed by atoms with E-state index in [0.717, 1.165) is 0 Å². The Bertz CT molecular complexity index is 719. The Hall–Kier alpha value is -1.47. The highest BCUT2D eigenvalue weighted by molar-refractivity contribution is 9.10. The number of hydrogen-bond acceptors (Lipinski definition) is 4. The van der Waals surface area contributed by atoms with Crippen molar-refractivity contribution in [2.45, 2.75) is 10.6 Å². The summed E-state index contributed by atoms with van der Waals surface area (Å²) in [6, 6.07) is 5.42. The van der Waals surface area contributed by atoms with Gasteiger partial charge in [0.05, 0.1) is 27.0 Å². The molecule has 0 aliphatic rings. The minimum Gasteiger partial charge on any atom is -0.396 e. The molecule has 0 radical (unpaired) electrons. The van der Waals surface area contributed by atoms with Crippen molar-refractivity contribution in [3.8, 4) is 0 Å². The van der Waals surface area contributed by atoms with Crippen LogP contribution < -0.4 is 5.73 Å². The second kappa shape index (κ2) is 5.26. The lowest BCUT2D eigenvalue weighted by Gasteiger charge is -2.07. The van der Waals surface area contributed by atoms with Crippen LogP contribution in [0.3, 0.4) is 0 Å². The summed E-state index contributed by atoms with van der Waals surface area (Å²) in [5.74, 6) is -0.690. The quantitative estimate of drug-likeness (QED) is 0.928. The SMILES string of the molecule is Nc1cnccc1S(=O)(=O)Cc1ccc(F)c(Br)c1. The number of anilines is 1. The number of sulfone groups is 1. The van der Waals surface area contributed by atoms with Crippen LogP contribution in [-0.2, 0) is 15.6 Å². The number of benzene rings is 1. The van der Waals surface area contributed by atoms with Gasteiger partial charge in [-0.1, -0.05) is 6.07 Å². The highest BCUT2D eigenvalue weighted by Crippen LogP contribution is 2.23. The van der Waals surface area contributed by atoms with Crippen molar-refractivity contribution in [2.24, 2.45) is 0 Å². The van der Waals surface area contributed by atoms with Gasteiger partial charge in [0, 0.05) is 6.20 Å². The molecule has 100 valence electrons. The van der Waals surface area contributed by atoms with Crippen LogP contribution in [0.4, 0.5) is 10.1 Å². The molecule has 1 heterocycles. The van der Waals surface area contributed by atoms with Crippen molar-refractivity contribution in [2.75, 3.05) is 5.73 Å². The Morgan fingerprint density at radius 1 is 1.32 bits per heavy atom. The maximum absolute atomic E-state index is 13.1. The minimum absolute atomic E-state index is 0.0305. The van der Waals surface area contributed by atoms with Gasteiger partial charge in [-0.15, -0.1) is 0 Å². The van der Waals surface area contributed by atoms with Crippen molar-refractivity contribution in [3.63, 3.8) is 0 Å². The van der Waals surface area contributed by atoms with E-state index in [-0.39, 0.29) is 20.8 Å². The van der Waals surface area contributed by atoms with Crippen LogP contribution in [0.5, 0.6) is 0 Å². The van der Waals surface area contributed by atoms with Crippen molar-refractivity contribution >= 4 is 31.5 Å². The molecule has 0 unspecified atom stereocenters. The molecule has 2 aromatic rings. The number of aromatic nitrogens is 1. The summed E-state index contributed by atoms with van der Waals surface area (Å²) in [6.45, 7) is 0. The third-order valence-electron chi connectivity index (χ3n) is 2.49. The molecule has 0 atom stereocenters. The Balaban J connectivity index is 2.37. The van der Waals surface area contributed by atoms with Gasteiger partial charge in [0.2, 0.25) is 0 Å². The topological polar surface area (TPSA) is 73.0 Å². The Morgan fingerprint density at radius 2 is 2.05 bits per heavy atom. The number of nitrogen functional groups attached to an aromatic ring is 1. The summed E-state index contributed by atoms with van der Waals surface area (Å²) in [7, 11) is -3.58. The first-order valence-corrected chi connectivity index (χ1v) is 7.71. The van der Waals surface area contributed by atoms with Gasteiger partial charge in [0.1, 0.15) is 5.82 Å². The van der Waals surface area contributed by atoms with Crippen LogP contribution in [-0.4, -0.2) is 13.4 Å². The Morgan fingerprint density at radius 3 is 2.68 bits per heavy atom. The van der Waals surface area contributed by atoms with E-state index >= 15 is 0 Å². The fraction of sp³-hybridized carbons (Fsp3) is 0.0833. The fourth-order valence-electron chi connectivity index (χ4n) is 1.60. The number of pyridine rings is 1. The first-order chi connectivity index (χ1) is 8.90. The number of nitrogens with zero attached hydrogens (tertiary/aromatic N) is 1. The lowest BCUT2D eigenvalue weighted by Crippen LogP contribution is -2.08. The van der Waals surface area contributed by atoms with E-state index in [1.165, 1.54) is 36.7 Å². The van der Waals surface area contributed by atoms with E-state index in [1.807, 2.05) is 0 Å². The maximum Gasteiger partial charge on any atom is 0.184 e. The third-order valence-corrected chi connectivity index (χ3v) is 4.85. The van der Waals surface area contributed by atoms with E-state index in [2.05, 4.69) is 20.9 Å². The van der Waals surface area contributed by atoms with E-state index in [1.54, 1.807) is 0 Å². The van der Waals surface area contributed by atoms with Crippen molar-refractivity contribution in [3.05, 3.63) is 52.5 Å². The average molecular weight is 345 g/mol. The molecule has 2 N–H and O–H groups in total. The molecule has 0 bridgehead atoms. The summed E-state index contributed by atoms with van der Waals surface area (Å²) in [5.41, 5.74) is 6.18. The first-order valence-electron chi connectivity index (χ1n) is 5.26. The normalized spacial score (nSPS) is 11.5.